The van der Waals surface area contributed by atoms with Gasteiger partial charge in [-0.15, -0.1) is 12.4 Å². The first-order valence-corrected chi connectivity index (χ1v) is 8.07. The van der Waals surface area contributed by atoms with E-state index in [1.165, 1.54) is 6.26 Å². The maximum absolute atomic E-state index is 12.0. The lowest BCUT2D eigenvalue weighted by Gasteiger charge is -2.12. The monoisotopic (exact) mass is 341 g/mol. The van der Waals surface area contributed by atoms with E-state index >= 15 is 0 Å². The number of oxazole rings is 1. The molecular weight excluding hydrogens is 322 g/mol. The zero-order valence-corrected chi connectivity index (χ0v) is 14.2. The zero-order valence-electron chi connectivity index (χ0n) is 12.5. The lowest BCUT2D eigenvalue weighted by molar-refractivity contribution is -0.117. The standard InChI is InChI=1S/C15H19N3O2S.ClH/c1-10-3-4-11(9-12(10)15-17-6-7-20-15)18-14(19)13(16)5-8-21-2;/h3-4,6-7,9,13H,5,8,16H2,1-2H3,(H,18,19);1H/t13-;/m0./s1. The van der Waals surface area contributed by atoms with E-state index in [4.69, 9.17) is 10.2 Å². The number of anilines is 1. The van der Waals surface area contributed by atoms with E-state index in [0.717, 1.165) is 16.9 Å². The number of hydrogen-bond acceptors (Lipinski definition) is 5. The van der Waals surface area contributed by atoms with Crippen molar-refractivity contribution in [3.05, 3.63) is 36.2 Å². The third-order valence-corrected chi connectivity index (χ3v) is 3.78. The number of nitrogens with zero attached hydrogens (tertiary/aromatic N) is 1. The molecule has 0 bridgehead atoms. The second-order valence-electron chi connectivity index (χ2n) is 4.74. The third-order valence-electron chi connectivity index (χ3n) is 3.14. The summed E-state index contributed by atoms with van der Waals surface area (Å²) in [4.78, 5) is 16.2. The lowest BCUT2D eigenvalue weighted by atomic mass is 10.1. The Morgan fingerprint density at radius 2 is 2.27 bits per heavy atom. The van der Waals surface area contributed by atoms with Crippen LogP contribution in [0.1, 0.15) is 12.0 Å². The number of aromatic nitrogens is 1. The summed E-state index contributed by atoms with van der Waals surface area (Å²) in [7, 11) is 0. The molecule has 0 aliphatic carbocycles. The van der Waals surface area contributed by atoms with E-state index in [-0.39, 0.29) is 18.3 Å². The highest BCUT2D eigenvalue weighted by Crippen LogP contribution is 2.25. The van der Waals surface area contributed by atoms with Gasteiger partial charge in [0.05, 0.1) is 12.2 Å². The number of carbonyl (C=O) groups excluding carboxylic acids is 1. The van der Waals surface area contributed by atoms with Gasteiger partial charge in [-0.3, -0.25) is 4.79 Å². The molecule has 0 aliphatic heterocycles. The topological polar surface area (TPSA) is 81.2 Å². The van der Waals surface area contributed by atoms with Crippen LogP contribution in [0.15, 0.2) is 35.1 Å². The van der Waals surface area contributed by atoms with Crippen molar-refractivity contribution >= 4 is 35.8 Å². The number of aryl methyl sites for hydroxylation is 1. The zero-order chi connectivity index (χ0) is 15.2. The van der Waals surface area contributed by atoms with Crippen molar-refractivity contribution in [1.29, 1.82) is 0 Å². The van der Waals surface area contributed by atoms with Gasteiger partial charge >= 0.3 is 0 Å². The van der Waals surface area contributed by atoms with E-state index in [1.54, 1.807) is 18.0 Å². The molecule has 0 saturated carbocycles. The number of rotatable bonds is 6. The molecular formula is C15H20ClN3O2S. The van der Waals surface area contributed by atoms with Gasteiger partial charge in [0.2, 0.25) is 11.8 Å². The Kier molecular flexibility index (Phi) is 7.44. The molecule has 0 radical (unpaired) electrons. The molecule has 0 spiro atoms. The van der Waals surface area contributed by atoms with Crippen LogP contribution in [0.3, 0.4) is 0 Å². The second kappa shape index (κ2) is 8.82. The van der Waals surface area contributed by atoms with Crippen molar-refractivity contribution in [3.63, 3.8) is 0 Å². The molecule has 5 nitrogen and oxygen atoms in total. The average Bonchev–Trinajstić information content (AvgIpc) is 3.00. The first-order valence-electron chi connectivity index (χ1n) is 6.67. The molecule has 0 fully saturated rings. The van der Waals surface area contributed by atoms with Crippen molar-refractivity contribution in [3.8, 4) is 11.5 Å². The molecule has 0 saturated heterocycles. The Balaban J connectivity index is 0.00000242. The number of thioether (sulfide) groups is 1. The Morgan fingerprint density at radius 3 is 2.91 bits per heavy atom. The van der Waals surface area contributed by atoms with Crippen LogP contribution >= 0.6 is 24.2 Å². The van der Waals surface area contributed by atoms with Gasteiger partial charge in [-0.1, -0.05) is 6.07 Å². The molecule has 22 heavy (non-hydrogen) atoms. The number of amides is 1. The van der Waals surface area contributed by atoms with Gasteiger partial charge in [-0.2, -0.15) is 11.8 Å². The van der Waals surface area contributed by atoms with Crippen molar-refractivity contribution < 1.29 is 9.21 Å². The fourth-order valence-corrected chi connectivity index (χ4v) is 2.39. The first-order chi connectivity index (χ1) is 10.1. The van der Waals surface area contributed by atoms with Crippen LogP contribution in [-0.2, 0) is 4.79 Å². The molecule has 120 valence electrons. The normalized spacial score (nSPS) is 11.6. The van der Waals surface area contributed by atoms with Gasteiger partial charge < -0.3 is 15.5 Å². The van der Waals surface area contributed by atoms with Crippen LogP contribution in [0.4, 0.5) is 5.69 Å². The van der Waals surface area contributed by atoms with Gasteiger partial charge in [-0.25, -0.2) is 4.98 Å². The van der Waals surface area contributed by atoms with Gasteiger partial charge in [0, 0.05) is 11.3 Å². The predicted molar refractivity (Wildman–Crippen MR) is 93.5 cm³/mol. The molecule has 1 atom stereocenters. The Bertz CT molecular complexity index is 605. The van der Waals surface area contributed by atoms with E-state index in [9.17, 15) is 4.79 Å². The van der Waals surface area contributed by atoms with Crippen LogP contribution in [0.5, 0.6) is 0 Å². The van der Waals surface area contributed by atoms with Crippen molar-refractivity contribution in [2.75, 3.05) is 17.3 Å². The van der Waals surface area contributed by atoms with Gasteiger partial charge in [0.1, 0.15) is 6.26 Å². The molecule has 7 heteroatoms. The molecule has 1 amide bonds. The van der Waals surface area contributed by atoms with Crippen LogP contribution in [0.2, 0.25) is 0 Å². The van der Waals surface area contributed by atoms with Gasteiger partial charge in [0.15, 0.2) is 0 Å². The predicted octanol–water partition coefficient (Wildman–Crippen LogP) is 3.09. The van der Waals surface area contributed by atoms with Crippen LogP contribution in [-0.4, -0.2) is 28.9 Å². The summed E-state index contributed by atoms with van der Waals surface area (Å²) in [5, 5.41) is 2.84. The summed E-state index contributed by atoms with van der Waals surface area (Å²) < 4.78 is 5.31. The highest BCUT2D eigenvalue weighted by atomic mass is 35.5. The lowest BCUT2D eigenvalue weighted by Crippen LogP contribution is -2.36. The van der Waals surface area contributed by atoms with Crippen molar-refractivity contribution in [1.82, 2.24) is 4.98 Å². The number of hydrogen-bond donors (Lipinski definition) is 2. The summed E-state index contributed by atoms with van der Waals surface area (Å²) in [5.74, 6) is 1.23. The Labute approximate surface area is 140 Å². The fraction of sp³-hybridized carbons (Fsp3) is 0.333. The van der Waals surface area contributed by atoms with E-state index in [2.05, 4.69) is 10.3 Å². The Morgan fingerprint density at radius 1 is 1.50 bits per heavy atom. The van der Waals surface area contributed by atoms with Crippen LogP contribution < -0.4 is 11.1 Å². The SMILES string of the molecule is CSCC[C@H](N)C(=O)Nc1ccc(C)c(-c2ncco2)c1.Cl. The highest BCUT2D eigenvalue weighted by Gasteiger charge is 2.14. The molecule has 1 aromatic carbocycles. The van der Waals surface area contributed by atoms with E-state index in [0.29, 0.717) is 18.0 Å². The number of carbonyl (C=O) groups is 1. The Hall–Kier alpha value is -1.50. The molecule has 2 rings (SSSR count). The van der Waals surface area contributed by atoms with Crippen LogP contribution in [0, 0.1) is 6.92 Å². The summed E-state index contributed by atoms with van der Waals surface area (Å²) in [6.07, 6.45) is 5.77. The van der Waals surface area contributed by atoms with E-state index in [1.807, 2.05) is 31.4 Å². The number of nitrogens with one attached hydrogen (secondary N) is 1. The third kappa shape index (κ3) is 4.76. The van der Waals surface area contributed by atoms with Crippen molar-refractivity contribution in [2.24, 2.45) is 5.73 Å². The molecule has 3 N–H and O–H groups in total. The largest absolute Gasteiger partial charge is 0.445 e. The summed E-state index contributed by atoms with van der Waals surface area (Å²) >= 11 is 1.68. The van der Waals surface area contributed by atoms with E-state index < -0.39 is 6.04 Å². The second-order valence-corrected chi connectivity index (χ2v) is 5.73. The minimum atomic E-state index is -0.496. The number of halogens is 1. The maximum Gasteiger partial charge on any atom is 0.241 e. The summed E-state index contributed by atoms with van der Waals surface area (Å²) in [6, 6.07) is 5.12. The first kappa shape index (κ1) is 18.5. The quantitative estimate of drug-likeness (QED) is 0.843. The molecule has 1 aromatic heterocycles. The highest BCUT2D eigenvalue weighted by molar-refractivity contribution is 7.98. The van der Waals surface area contributed by atoms with Crippen LogP contribution in [0.25, 0.3) is 11.5 Å². The minimum Gasteiger partial charge on any atom is -0.445 e. The fourth-order valence-electron chi connectivity index (χ4n) is 1.90. The summed E-state index contributed by atoms with van der Waals surface area (Å²) in [5.41, 5.74) is 8.44. The molecule has 1 heterocycles. The smallest absolute Gasteiger partial charge is 0.241 e. The maximum atomic E-state index is 12.0. The van der Waals surface area contributed by atoms with Gasteiger partial charge in [0.25, 0.3) is 0 Å². The average molecular weight is 342 g/mol. The number of benzene rings is 1. The molecule has 2 aromatic rings. The molecule has 0 unspecified atom stereocenters. The van der Waals surface area contributed by atoms with Gasteiger partial charge in [-0.05, 0) is 43.0 Å². The minimum absolute atomic E-state index is 0. The summed E-state index contributed by atoms with van der Waals surface area (Å²) in [6.45, 7) is 1.97. The number of nitrogens with two attached hydrogens (primary N) is 1. The van der Waals surface area contributed by atoms with Crippen molar-refractivity contribution in [2.45, 2.75) is 19.4 Å². The molecule has 0 aliphatic rings.